The molecule has 1 aromatic rings. The Kier molecular flexibility index (Phi) is 4.76. The van der Waals surface area contributed by atoms with Gasteiger partial charge in [0, 0.05) is 24.9 Å². The van der Waals surface area contributed by atoms with Gasteiger partial charge in [-0.25, -0.2) is 9.59 Å². The van der Waals surface area contributed by atoms with Gasteiger partial charge in [0.15, 0.2) is 0 Å². The van der Waals surface area contributed by atoms with Crippen molar-refractivity contribution in [3.63, 3.8) is 0 Å². The number of anilines is 1. The van der Waals surface area contributed by atoms with Crippen LogP contribution in [0.15, 0.2) is 30.3 Å². The van der Waals surface area contributed by atoms with E-state index in [1.54, 1.807) is 24.3 Å². The number of nitrogens with zero attached hydrogens (tertiary/aromatic N) is 1. The number of carbonyl (C=O) groups excluding carboxylic acids is 1. The maximum Gasteiger partial charge on any atom is 0.328 e. The molecule has 1 aromatic carbocycles. The first-order valence-electron chi connectivity index (χ1n) is 6.72. The maximum absolute atomic E-state index is 12.0. The third-order valence-electron chi connectivity index (χ3n) is 3.20. The van der Waals surface area contributed by atoms with Crippen molar-refractivity contribution in [3.8, 4) is 0 Å². The molecule has 1 aliphatic heterocycles. The molecule has 0 atom stereocenters. The van der Waals surface area contributed by atoms with E-state index in [0.717, 1.165) is 37.6 Å². The summed E-state index contributed by atoms with van der Waals surface area (Å²) in [5.41, 5.74) is 1.41. The quantitative estimate of drug-likeness (QED) is 0.833. The van der Waals surface area contributed by atoms with Gasteiger partial charge in [0.25, 0.3) is 0 Å². The SMILES string of the molecule is O=C(O)/C=C/c1cccc(NC(=O)N2CCCCC2)c1. The molecule has 106 valence electrons. The summed E-state index contributed by atoms with van der Waals surface area (Å²) in [5.74, 6) is -0.993. The van der Waals surface area contributed by atoms with E-state index < -0.39 is 5.97 Å². The van der Waals surface area contributed by atoms with Gasteiger partial charge in [-0.3, -0.25) is 0 Å². The number of rotatable bonds is 3. The third-order valence-corrected chi connectivity index (χ3v) is 3.20. The third kappa shape index (κ3) is 4.12. The Morgan fingerprint density at radius 2 is 1.95 bits per heavy atom. The van der Waals surface area contributed by atoms with Crippen LogP contribution in [-0.4, -0.2) is 35.1 Å². The molecule has 2 rings (SSSR count). The van der Waals surface area contributed by atoms with E-state index in [0.29, 0.717) is 5.69 Å². The zero-order valence-electron chi connectivity index (χ0n) is 11.2. The normalized spacial score (nSPS) is 15.3. The fourth-order valence-electron chi connectivity index (χ4n) is 2.19. The highest BCUT2D eigenvalue weighted by atomic mass is 16.4. The molecule has 0 radical (unpaired) electrons. The van der Waals surface area contributed by atoms with Crippen LogP contribution in [-0.2, 0) is 4.79 Å². The fourth-order valence-corrected chi connectivity index (χ4v) is 2.19. The highest BCUT2D eigenvalue weighted by molar-refractivity contribution is 5.90. The van der Waals surface area contributed by atoms with E-state index in [4.69, 9.17) is 5.11 Å². The summed E-state index contributed by atoms with van der Waals surface area (Å²) in [6.07, 6.45) is 5.85. The molecule has 1 saturated heterocycles. The highest BCUT2D eigenvalue weighted by Crippen LogP contribution is 2.15. The Bertz CT molecular complexity index is 520. The van der Waals surface area contributed by atoms with Gasteiger partial charge in [-0.05, 0) is 43.0 Å². The van der Waals surface area contributed by atoms with E-state index in [-0.39, 0.29) is 6.03 Å². The lowest BCUT2D eigenvalue weighted by Crippen LogP contribution is -2.38. The molecule has 2 N–H and O–H groups in total. The van der Waals surface area contributed by atoms with Crippen molar-refractivity contribution in [1.29, 1.82) is 0 Å². The van der Waals surface area contributed by atoms with Gasteiger partial charge >= 0.3 is 12.0 Å². The summed E-state index contributed by atoms with van der Waals surface area (Å²) in [5, 5.41) is 11.4. The van der Waals surface area contributed by atoms with Gasteiger partial charge in [0.05, 0.1) is 0 Å². The van der Waals surface area contributed by atoms with Crippen LogP contribution in [0, 0.1) is 0 Å². The zero-order chi connectivity index (χ0) is 14.4. The van der Waals surface area contributed by atoms with Gasteiger partial charge < -0.3 is 15.3 Å². The van der Waals surface area contributed by atoms with Crippen LogP contribution in [0.5, 0.6) is 0 Å². The van der Waals surface area contributed by atoms with E-state index >= 15 is 0 Å². The summed E-state index contributed by atoms with van der Waals surface area (Å²) in [4.78, 5) is 24.3. The van der Waals surface area contributed by atoms with E-state index in [2.05, 4.69) is 5.32 Å². The number of hydrogen-bond acceptors (Lipinski definition) is 2. The number of aliphatic carboxylic acids is 1. The second-order valence-electron chi connectivity index (χ2n) is 4.77. The summed E-state index contributed by atoms with van der Waals surface area (Å²) in [6.45, 7) is 1.59. The first-order chi connectivity index (χ1) is 9.65. The average molecular weight is 274 g/mol. The summed E-state index contributed by atoms with van der Waals surface area (Å²) < 4.78 is 0. The number of piperidine rings is 1. The average Bonchev–Trinajstić information content (AvgIpc) is 2.46. The minimum atomic E-state index is -0.993. The molecule has 20 heavy (non-hydrogen) atoms. The van der Waals surface area contributed by atoms with Crippen LogP contribution in [0.2, 0.25) is 0 Å². The molecule has 1 heterocycles. The van der Waals surface area contributed by atoms with Crippen LogP contribution in [0.3, 0.4) is 0 Å². The molecule has 1 aliphatic rings. The van der Waals surface area contributed by atoms with Crippen LogP contribution >= 0.6 is 0 Å². The highest BCUT2D eigenvalue weighted by Gasteiger charge is 2.16. The van der Waals surface area contributed by atoms with Gasteiger partial charge in [-0.2, -0.15) is 0 Å². The van der Waals surface area contributed by atoms with Gasteiger partial charge in [-0.1, -0.05) is 12.1 Å². The van der Waals surface area contributed by atoms with E-state index in [9.17, 15) is 9.59 Å². The number of carbonyl (C=O) groups is 2. The summed E-state index contributed by atoms with van der Waals surface area (Å²) >= 11 is 0. The Morgan fingerprint density at radius 3 is 2.65 bits per heavy atom. The molecule has 1 fully saturated rings. The van der Waals surface area contributed by atoms with E-state index in [1.807, 2.05) is 4.90 Å². The standard InChI is InChI=1S/C15H18N2O3/c18-14(19)8-7-12-5-4-6-13(11-12)16-15(20)17-9-2-1-3-10-17/h4-8,11H,1-3,9-10H2,(H,16,20)(H,18,19)/b8-7+. The zero-order valence-corrected chi connectivity index (χ0v) is 11.2. The smallest absolute Gasteiger partial charge is 0.328 e. The summed E-state index contributed by atoms with van der Waals surface area (Å²) in [7, 11) is 0. The summed E-state index contributed by atoms with van der Waals surface area (Å²) in [6, 6.07) is 7.02. The minimum absolute atomic E-state index is 0.0935. The lowest BCUT2D eigenvalue weighted by atomic mass is 10.1. The minimum Gasteiger partial charge on any atom is -0.478 e. The molecule has 0 unspecified atom stereocenters. The molecule has 5 heteroatoms. The lowest BCUT2D eigenvalue weighted by Gasteiger charge is -2.26. The first-order valence-corrected chi connectivity index (χ1v) is 6.72. The van der Waals surface area contributed by atoms with Gasteiger partial charge in [-0.15, -0.1) is 0 Å². The Morgan fingerprint density at radius 1 is 1.20 bits per heavy atom. The number of carboxylic acids is 1. The molecular weight excluding hydrogens is 256 g/mol. The Hall–Kier alpha value is -2.30. The van der Waals surface area contributed by atoms with Crippen molar-refractivity contribution in [2.75, 3.05) is 18.4 Å². The topological polar surface area (TPSA) is 69.6 Å². The van der Waals surface area contributed by atoms with Crippen LogP contribution in [0.4, 0.5) is 10.5 Å². The molecule has 0 bridgehead atoms. The van der Waals surface area contributed by atoms with Crippen LogP contribution in [0.25, 0.3) is 6.08 Å². The second-order valence-corrected chi connectivity index (χ2v) is 4.77. The molecule has 0 aromatic heterocycles. The number of hydrogen-bond donors (Lipinski definition) is 2. The van der Waals surface area contributed by atoms with Crippen molar-refractivity contribution in [2.45, 2.75) is 19.3 Å². The predicted molar refractivity (Wildman–Crippen MR) is 77.6 cm³/mol. The van der Waals surface area contributed by atoms with Crippen molar-refractivity contribution in [3.05, 3.63) is 35.9 Å². The molecular formula is C15H18N2O3. The van der Waals surface area contributed by atoms with Crippen molar-refractivity contribution < 1.29 is 14.7 Å². The molecule has 0 aliphatic carbocycles. The number of urea groups is 1. The fraction of sp³-hybridized carbons (Fsp3) is 0.333. The van der Waals surface area contributed by atoms with Gasteiger partial charge in [0.1, 0.15) is 0 Å². The van der Waals surface area contributed by atoms with Crippen molar-refractivity contribution in [2.24, 2.45) is 0 Å². The monoisotopic (exact) mass is 274 g/mol. The maximum atomic E-state index is 12.0. The molecule has 5 nitrogen and oxygen atoms in total. The van der Waals surface area contributed by atoms with Crippen molar-refractivity contribution >= 4 is 23.8 Å². The Balaban J connectivity index is 2.00. The Labute approximate surface area is 117 Å². The largest absolute Gasteiger partial charge is 0.478 e. The second kappa shape index (κ2) is 6.75. The predicted octanol–water partition coefficient (Wildman–Crippen LogP) is 2.80. The van der Waals surface area contributed by atoms with Crippen LogP contribution < -0.4 is 5.32 Å². The number of carboxylic acid groups (broad SMARTS) is 1. The molecule has 0 spiro atoms. The lowest BCUT2D eigenvalue weighted by molar-refractivity contribution is -0.131. The number of amides is 2. The number of benzene rings is 1. The van der Waals surface area contributed by atoms with Crippen LogP contribution in [0.1, 0.15) is 24.8 Å². The van der Waals surface area contributed by atoms with E-state index in [1.165, 1.54) is 12.5 Å². The molecule has 2 amide bonds. The van der Waals surface area contributed by atoms with Crippen molar-refractivity contribution in [1.82, 2.24) is 4.90 Å². The first kappa shape index (κ1) is 14.1. The number of nitrogens with one attached hydrogen (secondary N) is 1. The van der Waals surface area contributed by atoms with Gasteiger partial charge in [0.2, 0.25) is 0 Å². The number of likely N-dealkylation sites (tertiary alicyclic amines) is 1. The molecule has 0 saturated carbocycles.